The zero-order valence-corrected chi connectivity index (χ0v) is 54.0. The minimum atomic E-state index is -1.63. The van der Waals surface area contributed by atoms with E-state index in [2.05, 4.69) is 262 Å². The predicted octanol–water partition coefficient (Wildman–Crippen LogP) is 15.6. The predicted molar refractivity (Wildman–Crippen MR) is 374 cm³/mol. The minimum absolute atomic E-state index is 0.260. The van der Waals surface area contributed by atoms with Gasteiger partial charge in [0.05, 0.1) is 11.1 Å². The van der Waals surface area contributed by atoms with Crippen molar-refractivity contribution in [1.29, 1.82) is 0 Å². The van der Waals surface area contributed by atoms with Crippen molar-refractivity contribution in [3.63, 3.8) is 0 Å². The Morgan fingerprint density at radius 2 is 0.567 bits per heavy atom. The van der Waals surface area contributed by atoms with E-state index < -0.39 is 23.1 Å². The molecule has 0 fully saturated rings. The van der Waals surface area contributed by atoms with Crippen molar-refractivity contribution < 1.29 is 19.1 Å². The number of ether oxygens (including phenoxy) is 2. The van der Waals surface area contributed by atoms with Gasteiger partial charge in [-0.25, -0.2) is 9.59 Å². The van der Waals surface area contributed by atoms with Crippen LogP contribution in [0.15, 0.2) is 231 Å². The number of rotatable bonds is 19. The average molecular weight is 1190 g/mol. The van der Waals surface area contributed by atoms with Crippen LogP contribution in [0.5, 0.6) is 0 Å². The Bertz CT molecular complexity index is 4110. The van der Waals surface area contributed by atoms with E-state index in [1.54, 1.807) is 6.07 Å². The molecule has 0 aliphatic carbocycles. The molecule has 0 spiro atoms. The quantitative estimate of drug-likeness (QED) is 0.0791. The molecule has 0 saturated heterocycles. The van der Waals surface area contributed by atoms with Gasteiger partial charge in [-0.15, -0.1) is 0 Å². The molecule has 10 heteroatoms. The highest BCUT2D eigenvalue weighted by Crippen LogP contribution is 2.52. The summed E-state index contributed by atoms with van der Waals surface area (Å²) in [4.78, 5) is 41.5. The lowest BCUT2D eigenvalue weighted by molar-refractivity contribution is 0.0294. The monoisotopic (exact) mass is 1190 g/mol. The smallest absolute Gasteiger partial charge is 0.340 e. The second kappa shape index (κ2) is 25.5. The molecule has 90 heavy (non-hydrogen) atoms. The van der Waals surface area contributed by atoms with Gasteiger partial charge in [0.15, 0.2) is 11.2 Å². The summed E-state index contributed by atoms with van der Waals surface area (Å²) in [5, 5.41) is 3.30. The molecule has 2 atom stereocenters. The normalized spacial score (nSPS) is 15.9. The zero-order valence-electron chi connectivity index (χ0n) is 54.0. The topological polar surface area (TPSA) is 80.8 Å². The largest absolute Gasteiger partial charge is 0.442 e. The molecule has 0 bridgehead atoms. The van der Waals surface area contributed by atoms with Crippen LogP contribution >= 0.6 is 0 Å². The highest BCUT2D eigenvalue weighted by molar-refractivity contribution is 6.04. The van der Waals surface area contributed by atoms with E-state index in [-0.39, 0.29) is 11.1 Å². The van der Waals surface area contributed by atoms with Crippen molar-refractivity contribution in [3.05, 3.63) is 314 Å². The van der Waals surface area contributed by atoms with E-state index in [4.69, 9.17) is 9.47 Å². The molecule has 2 unspecified atom stereocenters. The summed E-state index contributed by atoms with van der Waals surface area (Å²) in [5.41, 5.74) is 17.6. The van der Waals surface area contributed by atoms with Gasteiger partial charge in [0, 0.05) is 117 Å². The number of hydrogen-bond acceptors (Lipinski definition) is 10. The van der Waals surface area contributed by atoms with E-state index in [9.17, 15) is 0 Å². The Hall–Kier alpha value is -10.2. The molecule has 10 nitrogen and oxygen atoms in total. The SMILES string of the molecule is CNCc1ccc(C(=CC2(C=C(c3ccc(N(C)C)cc3)c3ccc(N(C)C)cc3)OC(=O)c3cc4c(cc32)C(C=C(c2ccc(C)cc2)c2ccc(N(C)C)cc2)(C=C(c2ccc(N(C)C)cc2)c2ccc(N(C)C)cc2)OC4=O)c2ccc(C)cc2)cc1. The summed E-state index contributed by atoms with van der Waals surface area (Å²) in [6, 6.07) is 71.6. The van der Waals surface area contributed by atoms with E-state index in [1.807, 2.05) is 83.6 Å². The third-order valence-electron chi connectivity index (χ3n) is 17.2. The van der Waals surface area contributed by atoms with Crippen LogP contribution in [0.1, 0.15) is 93.0 Å². The van der Waals surface area contributed by atoms with Crippen molar-refractivity contribution in [2.45, 2.75) is 31.6 Å². The van der Waals surface area contributed by atoms with Crippen LogP contribution in [0.2, 0.25) is 0 Å². The second-order valence-corrected chi connectivity index (χ2v) is 24.7. The number of carbonyl (C=O) groups is 2. The van der Waals surface area contributed by atoms with Crippen molar-refractivity contribution in [3.8, 4) is 0 Å². The molecule has 2 heterocycles. The van der Waals surface area contributed by atoms with Gasteiger partial charge in [-0.05, 0) is 190 Å². The van der Waals surface area contributed by atoms with Gasteiger partial charge in [0.1, 0.15) is 0 Å². The number of fused-ring (bicyclic) bond motifs is 2. The number of esters is 2. The van der Waals surface area contributed by atoms with Gasteiger partial charge in [-0.1, -0.05) is 145 Å². The van der Waals surface area contributed by atoms with Crippen LogP contribution in [-0.4, -0.2) is 89.5 Å². The maximum atomic E-state index is 15.5. The van der Waals surface area contributed by atoms with Gasteiger partial charge in [0.25, 0.3) is 0 Å². The van der Waals surface area contributed by atoms with Crippen LogP contribution in [-0.2, 0) is 27.2 Å². The van der Waals surface area contributed by atoms with Gasteiger partial charge in [0.2, 0.25) is 0 Å². The molecule has 0 saturated carbocycles. The fourth-order valence-corrected chi connectivity index (χ4v) is 12.0. The van der Waals surface area contributed by atoms with Gasteiger partial charge in [-0.3, -0.25) is 0 Å². The molecule has 1 N–H and O–H groups in total. The van der Waals surface area contributed by atoms with Crippen LogP contribution in [0.4, 0.5) is 28.4 Å². The summed E-state index contributed by atoms with van der Waals surface area (Å²) < 4.78 is 14.4. The Morgan fingerprint density at radius 1 is 0.344 bits per heavy atom. The lowest BCUT2D eigenvalue weighted by Gasteiger charge is -2.29. The summed E-state index contributed by atoms with van der Waals surface area (Å²) >= 11 is 0. The van der Waals surface area contributed by atoms with Crippen molar-refractivity contribution in [1.82, 2.24) is 5.32 Å². The third-order valence-corrected chi connectivity index (χ3v) is 17.2. The second-order valence-electron chi connectivity index (χ2n) is 24.7. The number of carbonyl (C=O) groups excluding carboxylic acids is 2. The Morgan fingerprint density at radius 3 is 0.789 bits per heavy atom. The first kappa shape index (κ1) is 61.5. The Kier molecular flexibility index (Phi) is 17.4. The lowest BCUT2D eigenvalue weighted by atomic mass is 9.78. The van der Waals surface area contributed by atoms with Gasteiger partial charge >= 0.3 is 11.9 Å². The fraction of sp³-hybridized carbons (Fsp3) is 0.200. The van der Waals surface area contributed by atoms with Gasteiger partial charge < -0.3 is 39.3 Å². The molecular formula is C80H80N6O4. The van der Waals surface area contributed by atoms with Crippen molar-refractivity contribution in [2.24, 2.45) is 0 Å². The molecule has 454 valence electrons. The number of benzene rings is 9. The molecule has 2 aliphatic rings. The molecule has 0 aromatic heterocycles. The lowest BCUT2D eigenvalue weighted by Crippen LogP contribution is -2.25. The van der Waals surface area contributed by atoms with Crippen LogP contribution in [0, 0.1) is 13.8 Å². The number of hydrogen-bond donors (Lipinski definition) is 1. The third kappa shape index (κ3) is 12.6. The highest BCUT2D eigenvalue weighted by Gasteiger charge is 2.50. The summed E-state index contributed by atoms with van der Waals surface area (Å²) in [6.07, 6.45) is 8.45. The first-order chi connectivity index (χ1) is 43.2. The van der Waals surface area contributed by atoms with Crippen LogP contribution in [0.25, 0.3) is 22.3 Å². The number of cyclic esters (lactones) is 2. The molecular weight excluding hydrogens is 1110 g/mol. The van der Waals surface area contributed by atoms with Crippen LogP contribution < -0.4 is 29.8 Å². The highest BCUT2D eigenvalue weighted by atomic mass is 16.6. The number of anilines is 5. The van der Waals surface area contributed by atoms with Gasteiger partial charge in [-0.2, -0.15) is 0 Å². The molecule has 9 aromatic rings. The Labute approximate surface area is 532 Å². The van der Waals surface area contributed by atoms with E-state index in [0.717, 1.165) is 112 Å². The first-order valence-electron chi connectivity index (χ1n) is 30.6. The van der Waals surface area contributed by atoms with Crippen molar-refractivity contribution in [2.75, 3.05) is 102 Å². The molecule has 2 aliphatic heterocycles. The number of nitrogens with zero attached hydrogens (tertiary/aromatic N) is 5. The first-order valence-corrected chi connectivity index (χ1v) is 30.6. The molecule has 0 amide bonds. The van der Waals surface area contributed by atoms with Crippen LogP contribution in [0.3, 0.4) is 0 Å². The number of nitrogens with one attached hydrogen (secondary N) is 1. The summed E-state index contributed by atoms with van der Waals surface area (Å²) in [7, 11) is 22.3. The zero-order chi connectivity index (χ0) is 63.6. The maximum absolute atomic E-state index is 15.5. The van der Waals surface area contributed by atoms with E-state index >= 15 is 9.59 Å². The minimum Gasteiger partial charge on any atom is -0.442 e. The van der Waals surface area contributed by atoms with E-state index in [0.29, 0.717) is 17.7 Å². The molecule has 9 aromatic carbocycles. The molecule has 11 rings (SSSR count). The Balaban J connectivity index is 1.29. The summed E-state index contributed by atoms with van der Waals surface area (Å²) in [6.45, 7) is 4.86. The summed E-state index contributed by atoms with van der Waals surface area (Å²) in [5.74, 6) is -1.14. The average Bonchev–Trinajstić information content (AvgIpc) is 1.55. The van der Waals surface area contributed by atoms with Crippen molar-refractivity contribution >= 4 is 62.7 Å². The fourth-order valence-electron chi connectivity index (χ4n) is 12.0. The standard InChI is InChI=1S/C80H80N6O4/c1-53-14-20-56(21-15-53)71(58-24-18-55(19-25-58)52-81-3)48-79(50-73(60-28-38-65(39-29-60)83(6)7)61-30-40-66(41-31-61)84(8)9)75-47-76-70(46-69(75)77(87)89-79)78(88)90-80(76,49-72(57-22-16-54(2)17-23-57)59-26-36-64(37-27-59)82(4)5)51-74(62-32-42-67(43-33-62)85(10)11)63-34-44-68(45-35-63)86(12)13/h14-51,81H,52H2,1-13H3. The van der Waals surface area contributed by atoms with E-state index in [1.165, 1.54) is 0 Å². The molecule has 0 radical (unpaired) electrons. The number of aryl methyl sites for hydroxylation is 2. The maximum Gasteiger partial charge on any atom is 0.340 e.